The Kier molecular flexibility index (Phi) is 6.72. The zero-order valence-corrected chi connectivity index (χ0v) is 26.8. The second-order valence-electron chi connectivity index (χ2n) is 11.4. The number of ether oxygens (including phenoxy) is 1. The van der Waals surface area contributed by atoms with Crippen LogP contribution in [0.15, 0.2) is 103 Å². The Morgan fingerprint density at radius 3 is 2.37 bits per heavy atom. The molecule has 0 aliphatic rings. The Morgan fingerprint density at radius 2 is 1.56 bits per heavy atom. The third-order valence-electron chi connectivity index (χ3n) is 7.61. The molecule has 212 valence electrons. The summed E-state index contributed by atoms with van der Waals surface area (Å²) in [5, 5.41) is 9.52. The Bertz CT molecular complexity index is 2270. The maximum Gasteiger partial charge on any atom is 2.00 e. The van der Waals surface area contributed by atoms with Crippen LogP contribution in [0.25, 0.3) is 53.5 Å². The van der Waals surface area contributed by atoms with Gasteiger partial charge in [0.05, 0.1) is 11.2 Å². The SMILES string of the molecule is CC(C)(C)c1ccn(-c2[c-]c(Oc3[c-]c4c(cc3)c3ccc5sc6ccccc6c5c3n4-c3ccccn3)ccc2)n1.[Pt+2]. The molecule has 4 heterocycles. The van der Waals surface area contributed by atoms with Crippen LogP contribution in [0.3, 0.4) is 0 Å². The third kappa shape index (κ3) is 4.66. The van der Waals surface area contributed by atoms with Crippen molar-refractivity contribution in [2.75, 3.05) is 0 Å². The molecule has 0 amide bonds. The average molecular weight is 758 g/mol. The molecule has 0 aliphatic heterocycles. The molecule has 0 N–H and O–H groups in total. The smallest absolute Gasteiger partial charge is 0.509 e. The van der Waals surface area contributed by atoms with Crippen LogP contribution < -0.4 is 4.74 Å². The maximum atomic E-state index is 6.37. The standard InChI is InChI=1S/C36H26N4OS.Pt/c1-36(2,3)32-18-20-39(38-32)23-9-8-10-24(21-23)41-25-14-15-26-27-16-17-31-34(28-11-4-5-12-30(28)42-31)35(27)40(29(26)22-25)33-13-6-7-19-37-33;/h4-20H,1-3H3;/q-2;+2. The predicted molar refractivity (Wildman–Crippen MR) is 171 cm³/mol. The van der Waals surface area contributed by atoms with E-state index in [0.29, 0.717) is 11.5 Å². The molecule has 0 bridgehead atoms. The summed E-state index contributed by atoms with van der Waals surface area (Å²) in [6, 6.07) is 38.0. The van der Waals surface area contributed by atoms with Crippen LogP contribution in [0.4, 0.5) is 0 Å². The van der Waals surface area contributed by atoms with Crippen LogP contribution in [0.1, 0.15) is 26.5 Å². The minimum Gasteiger partial charge on any atom is -0.509 e. The van der Waals surface area contributed by atoms with Crippen LogP contribution in [0.2, 0.25) is 0 Å². The fourth-order valence-electron chi connectivity index (χ4n) is 5.60. The van der Waals surface area contributed by atoms with Gasteiger partial charge in [0, 0.05) is 49.5 Å². The molecule has 4 aromatic carbocycles. The Hall–Kier alpha value is -4.25. The molecule has 0 atom stereocenters. The first-order valence-corrected chi connectivity index (χ1v) is 14.7. The quantitative estimate of drug-likeness (QED) is 0.168. The van der Waals surface area contributed by atoms with Crippen molar-refractivity contribution in [1.29, 1.82) is 0 Å². The zero-order valence-electron chi connectivity index (χ0n) is 23.7. The second-order valence-corrected chi connectivity index (χ2v) is 12.5. The van der Waals surface area contributed by atoms with E-state index in [9.17, 15) is 0 Å². The number of thiophene rings is 1. The van der Waals surface area contributed by atoms with Gasteiger partial charge in [0.15, 0.2) is 0 Å². The normalized spacial score (nSPS) is 11.9. The fraction of sp³-hybridized carbons (Fsp3) is 0.111. The van der Waals surface area contributed by atoms with E-state index in [-0.39, 0.29) is 26.5 Å². The van der Waals surface area contributed by atoms with Gasteiger partial charge in [-0.3, -0.25) is 4.68 Å². The first kappa shape index (κ1) is 27.6. The van der Waals surface area contributed by atoms with Crippen molar-refractivity contribution in [3.8, 4) is 23.0 Å². The van der Waals surface area contributed by atoms with Gasteiger partial charge in [0.1, 0.15) is 5.82 Å². The molecule has 5 nitrogen and oxygen atoms in total. The summed E-state index contributed by atoms with van der Waals surface area (Å²) in [6.45, 7) is 6.47. The fourth-order valence-corrected chi connectivity index (χ4v) is 6.71. The van der Waals surface area contributed by atoms with Gasteiger partial charge < -0.3 is 9.30 Å². The van der Waals surface area contributed by atoms with Crippen LogP contribution in [-0.4, -0.2) is 19.3 Å². The van der Waals surface area contributed by atoms with Crippen molar-refractivity contribution in [2.24, 2.45) is 0 Å². The molecule has 8 rings (SSSR count). The predicted octanol–water partition coefficient (Wildman–Crippen LogP) is 9.42. The number of fused-ring (bicyclic) bond motifs is 7. The monoisotopic (exact) mass is 757 g/mol. The van der Waals surface area contributed by atoms with E-state index in [1.54, 1.807) is 0 Å². The summed E-state index contributed by atoms with van der Waals surface area (Å²) < 4.78 is 13.0. The molecule has 0 unspecified atom stereocenters. The summed E-state index contributed by atoms with van der Waals surface area (Å²) in [7, 11) is 0. The molecule has 43 heavy (non-hydrogen) atoms. The number of aromatic nitrogens is 4. The van der Waals surface area contributed by atoms with E-state index in [1.165, 1.54) is 20.2 Å². The Labute approximate surface area is 267 Å². The summed E-state index contributed by atoms with van der Waals surface area (Å²) in [4.78, 5) is 4.76. The van der Waals surface area contributed by atoms with E-state index in [2.05, 4.69) is 79.9 Å². The van der Waals surface area contributed by atoms with Crippen molar-refractivity contribution in [1.82, 2.24) is 19.3 Å². The van der Waals surface area contributed by atoms with Crippen molar-refractivity contribution in [3.63, 3.8) is 0 Å². The summed E-state index contributed by atoms with van der Waals surface area (Å²) in [5.74, 6) is 2.05. The first-order chi connectivity index (χ1) is 20.4. The average Bonchev–Trinajstić information content (AvgIpc) is 3.72. The maximum absolute atomic E-state index is 6.37. The zero-order chi connectivity index (χ0) is 28.4. The molecule has 0 saturated heterocycles. The van der Waals surface area contributed by atoms with Gasteiger partial charge in [0.2, 0.25) is 0 Å². The molecule has 0 aliphatic carbocycles. The van der Waals surface area contributed by atoms with Crippen molar-refractivity contribution in [3.05, 3.63) is 121 Å². The number of nitrogens with zero attached hydrogens (tertiary/aromatic N) is 4. The molecular formula is C36H26N4OPtS. The van der Waals surface area contributed by atoms with Gasteiger partial charge in [-0.05, 0) is 41.4 Å². The van der Waals surface area contributed by atoms with Gasteiger partial charge >= 0.3 is 21.1 Å². The van der Waals surface area contributed by atoms with Gasteiger partial charge in [-0.15, -0.1) is 47.1 Å². The minimum absolute atomic E-state index is 0. The van der Waals surface area contributed by atoms with Gasteiger partial charge in [-0.25, -0.2) is 4.98 Å². The Balaban J connectivity index is 0.00000300. The van der Waals surface area contributed by atoms with Crippen molar-refractivity contribution >= 4 is 53.3 Å². The summed E-state index contributed by atoms with van der Waals surface area (Å²) >= 11 is 1.82. The number of rotatable bonds is 4. The van der Waals surface area contributed by atoms with Crippen LogP contribution >= 0.6 is 11.3 Å². The molecule has 8 aromatic rings. The van der Waals surface area contributed by atoms with E-state index >= 15 is 0 Å². The van der Waals surface area contributed by atoms with E-state index in [0.717, 1.165) is 39.0 Å². The molecule has 0 fully saturated rings. The molecule has 7 heteroatoms. The van der Waals surface area contributed by atoms with E-state index < -0.39 is 0 Å². The minimum atomic E-state index is -0.0311. The van der Waals surface area contributed by atoms with Crippen LogP contribution in [0.5, 0.6) is 11.5 Å². The van der Waals surface area contributed by atoms with E-state index in [1.807, 2.05) is 76.9 Å². The van der Waals surface area contributed by atoms with Gasteiger partial charge in [-0.1, -0.05) is 56.6 Å². The summed E-state index contributed by atoms with van der Waals surface area (Å²) in [5.41, 5.74) is 3.86. The van der Waals surface area contributed by atoms with Crippen molar-refractivity contribution in [2.45, 2.75) is 26.2 Å². The molecule has 0 saturated carbocycles. The molecular weight excluding hydrogens is 732 g/mol. The number of hydrogen-bond donors (Lipinski definition) is 0. The molecule has 0 radical (unpaired) electrons. The largest absolute Gasteiger partial charge is 2.00 e. The number of pyridine rings is 1. The Morgan fingerprint density at radius 1 is 0.744 bits per heavy atom. The van der Waals surface area contributed by atoms with Crippen molar-refractivity contribution < 1.29 is 25.8 Å². The van der Waals surface area contributed by atoms with Gasteiger partial charge in [-0.2, -0.15) is 17.2 Å². The number of hydrogen-bond acceptors (Lipinski definition) is 4. The molecule has 4 aromatic heterocycles. The third-order valence-corrected chi connectivity index (χ3v) is 8.74. The van der Waals surface area contributed by atoms with Crippen LogP contribution in [0, 0.1) is 12.1 Å². The van der Waals surface area contributed by atoms with Crippen LogP contribution in [-0.2, 0) is 26.5 Å². The van der Waals surface area contributed by atoms with E-state index in [4.69, 9.17) is 14.8 Å². The summed E-state index contributed by atoms with van der Waals surface area (Å²) in [6.07, 6.45) is 3.80. The van der Waals surface area contributed by atoms with Gasteiger partial charge in [0.25, 0.3) is 0 Å². The molecule has 0 spiro atoms. The topological polar surface area (TPSA) is 44.9 Å². The number of benzene rings is 4. The second kappa shape index (κ2) is 10.5. The first-order valence-electron chi connectivity index (χ1n) is 13.9.